The molecule has 2 rings (SSSR count). The highest BCUT2D eigenvalue weighted by Crippen LogP contribution is 2.37. The summed E-state index contributed by atoms with van der Waals surface area (Å²) in [6.45, 7) is 3.57. The molecule has 0 aliphatic carbocycles. The molecule has 0 atom stereocenters. The van der Waals surface area contributed by atoms with E-state index in [0.717, 1.165) is 6.07 Å². The summed E-state index contributed by atoms with van der Waals surface area (Å²) in [5.74, 6) is -0.279. The molecule has 0 aromatic heterocycles. The first-order valence-electron chi connectivity index (χ1n) is 8.37. The summed E-state index contributed by atoms with van der Waals surface area (Å²) in [5, 5.41) is 0. The van der Waals surface area contributed by atoms with Gasteiger partial charge in [-0.2, -0.15) is 13.2 Å². The molecule has 0 unspecified atom stereocenters. The topological polar surface area (TPSA) is 44.8 Å². The smallest absolute Gasteiger partial charge is 0.419 e. The molecule has 0 fully saturated rings. The fourth-order valence-corrected chi connectivity index (χ4v) is 2.60. The van der Waals surface area contributed by atoms with Crippen LogP contribution in [0.1, 0.15) is 29.2 Å². The van der Waals surface area contributed by atoms with Gasteiger partial charge in [-0.3, -0.25) is 4.79 Å². The number of rotatable bonds is 7. The van der Waals surface area contributed by atoms with E-state index in [0.29, 0.717) is 29.0 Å². The van der Waals surface area contributed by atoms with Crippen molar-refractivity contribution in [3.8, 4) is 11.5 Å². The van der Waals surface area contributed by atoms with Crippen LogP contribution < -0.4 is 9.47 Å². The maximum atomic E-state index is 13.3. The molecule has 146 valence electrons. The Hall–Kier alpha value is -2.70. The van der Waals surface area contributed by atoms with Crippen LogP contribution in [0.2, 0.25) is 0 Å². The minimum absolute atomic E-state index is 0.0316. The van der Waals surface area contributed by atoms with Crippen molar-refractivity contribution >= 4 is 5.97 Å². The van der Waals surface area contributed by atoms with E-state index in [9.17, 15) is 18.0 Å². The fourth-order valence-electron chi connectivity index (χ4n) is 2.60. The lowest BCUT2D eigenvalue weighted by Gasteiger charge is -2.18. The second kappa shape index (κ2) is 8.79. The molecule has 0 heterocycles. The first kappa shape index (κ1) is 20.6. The lowest BCUT2D eigenvalue weighted by molar-refractivity contribution is -0.140. The van der Waals surface area contributed by atoms with Crippen LogP contribution in [-0.2, 0) is 28.7 Å². The molecule has 0 aliphatic rings. The zero-order chi connectivity index (χ0) is 20.0. The predicted molar refractivity (Wildman–Crippen MR) is 93.8 cm³/mol. The largest absolute Gasteiger partial charge is 0.493 e. The number of hydrogen-bond donors (Lipinski definition) is 0. The van der Waals surface area contributed by atoms with Crippen molar-refractivity contribution in [3.63, 3.8) is 0 Å². The van der Waals surface area contributed by atoms with Crippen LogP contribution >= 0.6 is 0 Å². The highest BCUT2D eigenvalue weighted by molar-refractivity contribution is 5.73. The summed E-state index contributed by atoms with van der Waals surface area (Å²) in [4.78, 5) is 11.6. The number of ether oxygens (including phenoxy) is 3. The first-order chi connectivity index (χ1) is 12.8. The Balaban J connectivity index is 2.36. The number of hydrogen-bond acceptors (Lipinski definition) is 4. The first-order valence-corrected chi connectivity index (χ1v) is 8.37. The normalized spacial score (nSPS) is 11.2. The molecule has 0 bridgehead atoms. The number of carbonyl (C=O) groups is 1. The fraction of sp³-hybridized carbons (Fsp3) is 0.350. The predicted octanol–water partition coefficient (Wildman–Crippen LogP) is 4.71. The van der Waals surface area contributed by atoms with Crippen molar-refractivity contribution in [1.82, 2.24) is 0 Å². The van der Waals surface area contributed by atoms with E-state index in [2.05, 4.69) is 4.74 Å². The number of halogens is 3. The summed E-state index contributed by atoms with van der Waals surface area (Å²) in [5.41, 5.74) is 0.730. The molecule has 0 N–H and O–H groups in total. The maximum Gasteiger partial charge on any atom is 0.419 e. The zero-order valence-electron chi connectivity index (χ0n) is 15.4. The van der Waals surface area contributed by atoms with Crippen molar-refractivity contribution in [1.29, 1.82) is 0 Å². The molecule has 7 heteroatoms. The molecular formula is C20H21F3O4. The van der Waals surface area contributed by atoms with Crippen LogP contribution in [0.25, 0.3) is 0 Å². The SMILES string of the molecule is CCOc1cccc(CC(=O)OC)c1COc1ccc(C)cc1C(F)(F)F. The van der Waals surface area contributed by atoms with E-state index in [1.54, 1.807) is 38.1 Å². The molecule has 0 amide bonds. The Morgan fingerprint density at radius 2 is 1.81 bits per heavy atom. The molecule has 2 aromatic rings. The zero-order valence-corrected chi connectivity index (χ0v) is 15.4. The third-order valence-electron chi connectivity index (χ3n) is 3.90. The van der Waals surface area contributed by atoms with Gasteiger partial charge in [0.25, 0.3) is 0 Å². The van der Waals surface area contributed by atoms with Gasteiger partial charge in [0.1, 0.15) is 18.1 Å². The molecule has 0 radical (unpaired) electrons. The average molecular weight is 382 g/mol. The molecule has 0 saturated carbocycles. The molecule has 0 aliphatic heterocycles. The maximum absolute atomic E-state index is 13.3. The second-order valence-electron chi connectivity index (χ2n) is 5.87. The summed E-state index contributed by atoms with van der Waals surface area (Å²) in [7, 11) is 1.27. The van der Waals surface area contributed by atoms with Crippen LogP contribution in [0.3, 0.4) is 0 Å². The molecule has 0 spiro atoms. The number of aryl methyl sites for hydroxylation is 1. The van der Waals surface area contributed by atoms with Crippen molar-refractivity contribution in [3.05, 3.63) is 58.7 Å². The quantitative estimate of drug-likeness (QED) is 0.651. The number of esters is 1. The number of alkyl halides is 3. The van der Waals surface area contributed by atoms with Gasteiger partial charge in [-0.25, -0.2) is 0 Å². The minimum Gasteiger partial charge on any atom is -0.493 e. The average Bonchev–Trinajstić information content (AvgIpc) is 2.61. The van der Waals surface area contributed by atoms with Crippen LogP contribution in [0.5, 0.6) is 11.5 Å². The number of carbonyl (C=O) groups excluding carboxylic acids is 1. The Morgan fingerprint density at radius 3 is 2.44 bits per heavy atom. The van der Waals surface area contributed by atoms with Gasteiger partial charge in [-0.1, -0.05) is 23.8 Å². The lowest BCUT2D eigenvalue weighted by Crippen LogP contribution is -2.12. The Morgan fingerprint density at radius 1 is 1.07 bits per heavy atom. The standard InChI is InChI=1S/C20H21F3O4/c1-4-26-17-7-5-6-14(11-19(24)25-3)15(17)12-27-18-9-8-13(2)10-16(18)20(21,22)23/h5-10H,4,11-12H2,1-3H3. The van der Waals surface area contributed by atoms with E-state index in [1.807, 2.05) is 0 Å². The van der Waals surface area contributed by atoms with Crippen LogP contribution in [-0.4, -0.2) is 19.7 Å². The summed E-state index contributed by atoms with van der Waals surface area (Å²) in [6, 6.07) is 8.97. The van der Waals surface area contributed by atoms with Gasteiger partial charge in [-0.15, -0.1) is 0 Å². The monoisotopic (exact) mass is 382 g/mol. The minimum atomic E-state index is -4.53. The van der Waals surface area contributed by atoms with Crippen molar-refractivity contribution in [2.75, 3.05) is 13.7 Å². The molecule has 2 aromatic carbocycles. The van der Waals surface area contributed by atoms with Gasteiger partial charge in [0, 0.05) is 5.56 Å². The molecular weight excluding hydrogens is 361 g/mol. The van der Waals surface area contributed by atoms with Gasteiger partial charge >= 0.3 is 12.1 Å². The van der Waals surface area contributed by atoms with Crippen LogP contribution in [0.15, 0.2) is 36.4 Å². The highest BCUT2D eigenvalue weighted by Gasteiger charge is 2.34. The number of methoxy groups -OCH3 is 1. The van der Waals surface area contributed by atoms with Crippen LogP contribution in [0.4, 0.5) is 13.2 Å². The summed E-state index contributed by atoms with van der Waals surface area (Å²) >= 11 is 0. The van der Waals surface area contributed by atoms with Gasteiger partial charge < -0.3 is 14.2 Å². The highest BCUT2D eigenvalue weighted by atomic mass is 19.4. The third kappa shape index (κ3) is 5.39. The Labute approximate surface area is 155 Å². The van der Waals surface area contributed by atoms with Crippen molar-refractivity contribution in [2.45, 2.75) is 33.1 Å². The molecule has 0 saturated heterocycles. The third-order valence-corrected chi connectivity index (χ3v) is 3.90. The molecule has 4 nitrogen and oxygen atoms in total. The van der Waals surface area contributed by atoms with Crippen molar-refractivity contribution in [2.24, 2.45) is 0 Å². The lowest BCUT2D eigenvalue weighted by atomic mass is 10.0. The number of benzene rings is 2. The van der Waals surface area contributed by atoms with Crippen molar-refractivity contribution < 1.29 is 32.2 Å². The molecule has 27 heavy (non-hydrogen) atoms. The van der Waals surface area contributed by atoms with E-state index in [-0.39, 0.29) is 18.8 Å². The summed E-state index contributed by atoms with van der Waals surface area (Å²) in [6.07, 6.45) is -4.56. The van der Waals surface area contributed by atoms with E-state index < -0.39 is 17.7 Å². The van der Waals surface area contributed by atoms with Gasteiger partial charge in [0.2, 0.25) is 0 Å². The van der Waals surface area contributed by atoms with E-state index in [4.69, 9.17) is 9.47 Å². The van der Waals surface area contributed by atoms with E-state index >= 15 is 0 Å². The summed E-state index contributed by atoms with van der Waals surface area (Å²) < 4.78 is 55.6. The second-order valence-corrected chi connectivity index (χ2v) is 5.87. The van der Waals surface area contributed by atoms with Gasteiger partial charge in [0.15, 0.2) is 0 Å². The van der Waals surface area contributed by atoms with Gasteiger partial charge in [-0.05, 0) is 37.6 Å². The Bertz CT molecular complexity index is 800. The Kier molecular flexibility index (Phi) is 6.71. The van der Waals surface area contributed by atoms with Gasteiger partial charge in [0.05, 0.1) is 25.7 Å². The van der Waals surface area contributed by atoms with E-state index in [1.165, 1.54) is 13.2 Å². The van der Waals surface area contributed by atoms with Crippen LogP contribution in [0, 0.1) is 6.92 Å².